The highest BCUT2D eigenvalue weighted by Gasteiger charge is 2.25. The second-order valence-corrected chi connectivity index (χ2v) is 4.93. The van der Waals surface area contributed by atoms with Crippen molar-refractivity contribution in [3.63, 3.8) is 0 Å². The standard InChI is InChI=1S/C12H11N3O4S/c1-2-13-8-5-7(3-4-9(8)15(18)19)6-10-11(16)14-12(17)20-10/h3-6,13H,2H2,1H3,(H,14,16,17). The first-order valence-electron chi connectivity index (χ1n) is 5.78. The Labute approximate surface area is 118 Å². The minimum Gasteiger partial charge on any atom is -0.380 e. The summed E-state index contributed by atoms with van der Waals surface area (Å²) >= 11 is 0.805. The van der Waals surface area contributed by atoms with Gasteiger partial charge in [-0.3, -0.25) is 25.0 Å². The zero-order valence-electron chi connectivity index (χ0n) is 10.5. The van der Waals surface area contributed by atoms with Crippen LogP contribution in [0.25, 0.3) is 6.08 Å². The Hall–Kier alpha value is -2.35. The Kier molecular flexibility index (Phi) is 4.04. The van der Waals surface area contributed by atoms with Crippen LogP contribution in [0.15, 0.2) is 23.1 Å². The molecule has 8 heteroatoms. The van der Waals surface area contributed by atoms with Gasteiger partial charge in [-0.05, 0) is 42.5 Å². The van der Waals surface area contributed by atoms with Gasteiger partial charge in [-0.25, -0.2) is 0 Å². The van der Waals surface area contributed by atoms with E-state index in [1.165, 1.54) is 18.2 Å². The molecular weight excluding hydrogens is 282 g/mol. The maximum Gasteiger partial charge on any atom is 0.292 e. The average molecular weight is 293 g/mol. The number of benzene rings is 1. The maximum absolute atomic E-state index is 11.4. The Morgan fingerprint density at radius 1 is 1.45 bits per heavy atom. The molecule has 104 valence electrons. The molecule has 0 spiro atoms. The van der Waals surface area contributed by atoms with E-state index in [0.29, 0.717) is 17.8 Å². The van der Waals surface area contributed by atoms with Gasteiger partial charge in [-0.2, -0.15) is 0 Å². The summed E-state index contributed by atoms with van der Waals surface area (Å²) in [5.41, 5.74) is 0.953. The monoisotopic (exact) mass is 293 g/mol. The fraction of sp³-hybridized carbons (Fsp3) is 0.167. The molecule has 1 aliphatic rings. The lowest BCUT2D eigenvalue weighted by molar-refractivity contribution is -0.384. The summed E-state index contributed by atoms with van der Waals surface area (Å²) in [6.07, 6.45) is 1.52. The third-order valence-corrected chi connectivity index (χ3v) is 3.33. The van der Waals surface area contributed by atoms with E-state index in [4.69, 9.17) is 0 Å². The average Bonchev–Trinajstić information content (AvgIpc) is 2.68. The van der Waals surface area contributed by atoms with Crippen LogP contribution in [0.1, 0.15) is 12.5 Å². The smallest absolute Gasteiger partial charge is 0.292 e. The van der Waals surface area contributed by atoms with Crippen molar-refractivity contribution in [1.82, 2.24) is 5.32 Å². The largest absolute Gasteiger partial charge is 0.380 e. The molecule has 1 saturated heterocycles. The van der Waals surface area contributed by atoms with Crippen molar-refractivity contribution in [2.75, 3.05) is 11.9 Å². The summed E-state index contributed by atoms with van der Waals surface area (Å²) in [7, 11) is 0. The molecule has 20 heavy (non-hydrogen) atoms. The number of carbonyl (C=O) groups is 2. The van der Waals surface area contributed by atoms with Crippen LogP contribution in [0.5, 0.6) is 0 Å². The van der Waals surface area contributed by atoms with Crippen LogP contribution in [-0.2, 0) is 4.79 Å². The second-order valence-electron chi connectivity index (χ2n) is 3.92. The molecule has 0 bridgehead atoms. The lowest BCUT2D eigenvalue weighted by Gasteiger charge is -2.05. The number of nitro groups is 1. The van der Waals surface area contributed by atoms with Gasteiger partial charge >= 0.3 is 0 Å². The number of anilines is 1. The molecule has 1 aromatic carbocycles. The fourth-order valence-corrected chi connectivity index (χ4v) is 2.39. The van der Waals surface area contributed by atoms with Gasteiger partial charge in [0.25, 0.3) is 16.8 Å². The number of hydrogen-bond acceptors (Lipinski definition) is 6. The summed E-state index contributed by atoms with van der Waals surface area (Å²) in [6.45, 7) is 2.36. The van der Waals surface area contributed by atoms with Crippen molar-refractivity contribution in [3.05, 3.63) is 38.8 Å². The third-order valence-electron chi connectivity index (χ3n) is 2.52. The van der Waals surface area contributed by atoms with Gasteiger partial charge in [0.15, 0.2) is 0 Å². The summed E-state index contributed by atoms with van der Waals surface area (Å²) in [6, 6.07) is 4.47. The minimum absolute atomic E-state index is 0.0337. The van der Waals surface area contributed by atoms with Crippen LogP contribution in [0.2, 0.25) is 0 Å². The van der Waals surface area contributed by atoms with Gasteiger partial charge < -0.3 is 5.32 Å². The van der Waals surface area contributed by atoms with Crippen molar-refractivity contribution in [3.8, 4) is 0 Å². The van der Waals surface area contributed by atoms with Crippen LogP contribution < -0.4 is 10.6 Å². The number of hydrogen-bond donors (Lipinski definition) is 2. The molecule has 1 aliphatic heterocycles. The predicted octanol–water partition coefficient (Wildman–Crippen LogP) is 2.35. The van der Waals surface area contributed by atoms with Crippen molar-refractivity contribution in [1.29, 1.82) is 0 Å². The summed E-state index contributed by atoms with van der Waals surface area (Å²) in [5.74, 6) is -0.455. The number of imide groups is 1. The van der Waals surface area contributed by atoms with E-state index in [9.17, 15) is 19.7 Å². The van der Waals surface area contributed by atoms with Crippen molar-refractivity contribution in [2.45, 2.75) is 6.92 Å². The van der Waals surface area contributed by atoms with Crippen LogP contribution in [0.4, 0.5) is 16.2 Å². The van der Waals surface area contributed by atoms with E-state index in [1.807, 2.05) is 6.92 Å². The molecule has 2 amide bonds. The van der Waals surface area contributed by atoms with Crippen LogP contribution in [0.3, 0.4) is 0 Å². The number of carbonyl (C=O) groups excluding carboxylic acids is 2. The number of nitrogens with zero attached hydrogens (tertiary/aromatic N) is 1. The zero-order chi connectivity index (χ0) is 14.7. The number of nitro benzene ring substituents is 1. The Morgan fingerprint density at radius 2 is 2.20 bits per heavy atom. The van der Waals surface area contributed by atoms with Crippen molar-refractivity contribution < 1.29 is 14.5 Å². The predicted molar refractivity (Wildman–Crippen MR) is 76.4 cm³/mol. The second kappa shape index (κ2) is 5.74. The first-order chi connectivity index (χ1) is 9.51. The van der Waals surface area contributed by atoms with Gasteiger partial charge in [0.2, 0.25) is 0 Å². The summed E-state index contributed by atoms with van der Waals surface area (Å²) < 4.78 is 0. The van der Waals surface area contributed by atoms with Crippen LogP contribution >= 0.6 is 11.8 Å². The SMILES string of the molecule is CCNc1cc(C=C2SC(=O)NC2=O)ccc1[N+](=O)[O-]. The van der Waals surface area contributed by atoms with Gasteiger partial charge in [0.1, 0.15) is 5.69 Å². The molecule has 2 N–H and O–H groups in total. The summed E-state index contributed by atoms with van der Waals surface area (Å²) in [5, 5.41) is 15.5. The molecule has 1 aromatic rings. The van der Waals surface area contributed by atoms with E-state index in [-0.39, 0.29) is 10.6 Å². The molecule has 1 heterocycles. The lowest BCUT2D eigenvalue weighted by Crippen LogP contribution is -2.17. The van der Waals surface area contributed by atoms with Crippen molar-refractivity contribution >= 4 is 40.4 Å². The molecule has 0 unspecified atom stereocenters. The quantitative estimate of drug-likeness (QED) is 0.502. The van der Waals surface area contributed by atoms with Gasteiger partial charge in [-0.1, -0.05) is 0 Å². The molecule has 2 rings (SSSR count). The van der Waals surface area contributed by atoms with Crippen LogP contribution in [0, 0.1) is 10.1 Å². The molecule has 1 fully saturated rings. The highest BCUT2D eigenvalue weighted by Crippen LogP contribution is 2.29. The Morgan fingerprint density at radius 3 is 2.75 bits per heavy atom. The highest BCUT2D eigenvalue weighted by molar-refractivity contribution is 8.18. The minimum atomic E-state index is -0.477. The normalized spacial score (nSPS) is 16.4. The first-order valence-corrected chi connectivity index (χ1v) is 6.60. The van der Waals surface area contributed by atoms with E-state index in [2.05, 4.69) is 10.6 Å². The molecule has 0 atom stereocenters. The van der Waals surface area contributed by atoms with Crippen LogP contribution in [-0.4, -0.2) is 22.6 Å². The lowest BCUT2D eigenvalue weighted by atomic mass is 10.1. The van der Waals surface area contributed by atoms with Crippen molar-refractivity contribution in [2.24, 2.45) is 0 Å². The number of nitrogens with one attached hydrogen (secondary N) is 2. The van der Waals surface area contributed by atoms with E-state index in [0.717, 1.165) is 11.8 Å². The first kappa shape index (κ1) is 14.1. The number of rotatable bonds is 4. The molecule has 0 radical (unpaired) electrons. The van der Waals surface area contributed by atoms with Gasteiger partial charge in [0.05, 0.1) is 9.83 Å². The third kappa shape index (κ3) is 2.97. The Bertz CT molecular complexity index is 627. The topological polar surface area (TPSA) is 101 Å². The number of thioether (sulfide) groups is 1. The zero-order valence-corrected chi connectivity index (χ0v) is 11.3. The molecule has 7 nitrogen and oxygen atoms in total. The fourth-order valence-electron chi connectivity index (χ4n) is 1.71. The van der Waals surface area contributed by atoms with E-state index < -0.39 is 16.1 Å². The molecular formula is C12H11N3O4S. The van der Waals surface area contributed by atoms with E-state index in [1.54, 1.807) is 6.07 Å². The maximum atomic E-state index is 11.4. The number of amides is 2. The van der Waals surface area contributed by atoms with Gasteiger partial charge in [-0.15, -0.1) is 0 Å². The Balaban J connectivity index is 2.36. The summed E-state index contributed by atoms with van der Waals surface area (Å²) in [4.78, 5) is 33.2. The molecule has 0 saturated carbocycles. The van der Waals surface area contributed by atoms with Gasteiger partial charge in [0, 0.05) is 12.6 Å². The molecule has 0 aliphatic carbocycles. The van der Waals surface area contributed by atoms with E-state index >= 15 is 0 Å². The molecule has 0 aromatic heterocycles. The highest BCUT2D eigenvalue weighted by atomic mass is 32.2.